The molecule has 1 aromatic heterocycles. The van der Waals surface area contributed by atoms with Gasteiger partial charge in [0.2, 0.25) is 0 Å². The maximum Gasteiger partial charge on any atom is 0.416 e. The number of alkyl halides is 3. The van der Waals surface area contributed by atoms with Gasteiger partial charge in [0, 0.05) is 13.0 Å². The van der Waals surface area contributed by atoms with Crippen molar-refractivity contribution in [2.75, 3.05) is 14.2 Å². The quantitative estimate of drug-likeness (QED) is 0.359. The van der Waals surface area contributed by atoms with Crippen LogP contribution in [0.1, 0.15) is 22.5 Å². The summed E-state index contributed by atoms with van der Waals surface area (Å²) in [6.45, 7) is 0.569. The van der Waals surface area contributed by atoms with Gasteiger partial charge in [0.25, 0.3) is 0 Å². The second-order valence-corrected chi connectivity index (χ2v) is 7.48. The number of rotatable bonds is 7. The largest absolute Gasteiger partial charge is 0.493 e. The number of aryl methyl sites for hydroxylation is 2. The standard InChI is InChI=1S/C25H23F3N2O2/c1-31-22-11-8-18(14-23(22)32-2)12-13-30-21-10-9-19(25(26,27)28)16-20(21)29-24(30)15-17-6-4-3-5-7-17/h3-11,14,16H,12-13,15H2,1-2H3. The zero-order valence-corrected chi connectivity index (χ0v) is 17.8. The third-order valence-electron chi connectivity index (χ3n) is 5.43. The van der Waals surface area contributed by atoms with E-state index in [2.05, 4.69) is 4.98 Å². The van der Waals surface area contributed by atoms with Gasteiger partial charge < -0.3 is 14.0 Å². The maximum absolute atomic E-state index is 13.2. The Morgan fingerprint density at radius 1 is 0.844 bits per heavy atom. The molecule has 0 fully saturated rings. The molecule has 0 N–H and O–H groups in total. The number of benzene rings is 3. The molecular formula is C25H23F3N2O2. The van der Waals surface area contributed by atoms with Crippen molar-refractivity contribution in [3.63, 3.8) is 0 Å². The summed E-state index contributed by atoms with van der Waals surface area (Å²) in [4.78, 5) is 4.57. The van der Waals surface area contributed by atoms with Crippen molar-refractivity contribution in [3.8, 4) is 11.5 Å². The molecule has 4 rings (SSSR count). The lowest BCUT2D eigenvalue weighted by molar-refractivity contribution is -0.137. The smallest absolute Gasteiger partial charge is 0.416 e. The number of fused-ring (bicyclic) bond motifs is 1. The Labute approximate surface area is 184 Å². The first kappa shape index (κ1) is 21.7. The van der Waals surface area contributed by atoms with E-state index in [4.69, 9.17) is 9.47 Å². The van der Waals surface area contributed by atoms with Gasteiger partial charge in [0.05, 0.1) is 30.8 Å². The highest BCUT2D eigenvalue weighted by atomic mass is 19.4. The van der Waals surface area contributed by atoms with Crippen molar-refractivity contribution in [1.82, 2.24) is 9.55 Å². The van der Waals surface area contributed by atoms with E-state index in [1.54, 1.807) is 14.2 Å². The minimum absolute atomic E-state index is 0.345. The molecule has 0 saturated heterocycles. The van der Waals surface area contributed by atoms with E-state index in [0.29, 0.717) is 41.9 Å². The van der Waals surface area contributed by atoms with Gasteiger partial charge in [-0.2, -0.15) is 13.2 Å². The number of methoxy groups -OCH3 is 2. The van der Waals surface area contributed by atoms with Crippen LogP contribution >= 0.6 is 0 Å². The van der Waals surface area contributed by atoms with Crippen LogP contribution in [0.15, 0.2) is 66.7 Å². The Morgan fingerprint density at radius 2 is 1.59 bits per heavy atom. The summed E-state index contributed by atoms with van der Waals surface area (Å²) in [7, 11) is 3.17. The number of ether oxygens (including phenoxy) is 2. The summed E-state index contributed by atoms with van der Waals surface area (Å²) in [5, 5.41) is 0. The third-order valence-corrected chi connectivity index (χ3v) is 5.43. The Kier molecular flexibility index (Phi) is 6.08. The fourth-order valence-electron chi connectivity index (χ4n) is 3.80. The molecule has 166 valence electrons. The molecule has 0 aliphatic carbocycles. The van der Waals surface area contributed by atoms with Gasteiger partial charge in [-0.15, -0.1) is 0 Å². The second kappa shape index (κ2) is 8.94. The Morgan fingerprint density at radius 3 is 2.28 bits per heavy atom. The topological polar surface area (TPSA) is 36.3 Å². The van der Waals surface area contributed by atoms with Gasteiger partial charge in [0.15, 0.2) is 11.5 Å². The average Bonchev–Trinajstić information content (AvgIpc) is 3.13. The van der Waals surface area contributed by atoms with Crippen molar-refractivity contribution >= 4 is 11.0 Å². The first-order valence-corrected chi connectivity index (χ1v) is 10.2. The van der Waals surface area contributed by atoms with Crippen LogP contribution < -0.4 is 9.47 Å². The first-order valence-electron chi connectivity index (χ1n) is 10.2. The summed E-state index contributed by atoms with van der Waals surface area (Å²) in [5.41, 5.74) is 2.41. The maximum atomic E-state index is 13.2. The third kappa shape index (κ3) is 4.56. The van der Waals surface area contributed by atoms with Crippen molar-refractivity contribution in [2.24, 2.45) is 0 Å². The molecule has 0 radical (unpaired) electrons. The van der Waals surface area contributed by atoms with Crippen LogP contribution in [0.25, 0.3) is 11.0 Å². The van der Waals surface area contributed by atoms with E-state index < -0.39 is 11.7 Å². The molecule has 0 atom stereocenters. The molecule has 7 heteroatoms. The van der Waals surface area contributed by atoms with Crippen molar-refractivity contribution < 1.29 is 22.6 Å². The molecule has 32 heavy (non-hydrogen) atoms. The lowest BCUT2D eigenvalue weighted by Gasteiger charge is -2.12. The fraction of sp³-hybridized carbons (Fsp3) is 0.240. The second-order valence-electron chi connectivity index (χ2n) is 7.48. The van der Waals surface area contributed by atoms with Crippen molar-refractivity contribution in [3.05, 3.63) is 89.2 Å². The summed E-state index contributed by atoms with van der Waals surface area (Å²) >= 11 is 0. The highest BCUT2D eigenvalue weighted by Crippen LogP contribution is 2.32. The van der Waals surface area contributed by atoms with Gasteiger partial charge in [-0.1, -0.05) is 36.4 Å². The summed E-state index contributed by atoms with van der Waals surface area (Å²) in [6.07, 6.45) is -3.21. The molecule has 0 aliphatic rings. The molecule has 0 aliphatic heterocycles. The van der Waals surface area contributed by atoms with Gasteiger partial charge in [-0.25, -0.2) is 4.98 Å². The van der Waals surface area contributed by atoms with Crippen LogP contribution in [0.5, 0.6) is 11.5 Å². The minimum atomic E-state index is -4.41. The Balaban J connectivity index is 1.70. The molecule has 4 nitrogen and oxygen atoms in total. The highest BCUT2D eigenvalue weighted by Gasteiger charge is 2.31. The summed E-state index contributed by atoms with van der Waals surface area (Å²) < 4.78 is 52.3. The number of nitrogens with zero attached hydrogens (tertiary/aromatic N) is 2. The predicted molar refractivity (Wildman–Crippen MR) is 117 cm³/mol. The Hall–Kier alpha value is -3.48. The monoisotopic (exact) mass is 440 g/mol. The van der Waals surface area contributed by atoms with Gasteiger partial charge >= 0.3 is 6.18 Å². The van der Waals surface area contributed by atoms with Crippen LogP contribution in [0.4, 0.5) is 13.2 Å². The molecule has 0 unspecified atom stereocenters. The van der Waals surface area contributed by atoms with Crippen LogP contribution in [0.2, 0.25) is 0 Å². The molecule has 3 aromatic carbocycles. The molecular weight excluding hydrogens is 417 g/mol. The lowest BCUT2D eigenvalue weighted by Crippen LogP contribution is -2.08. The molecule has 0 saturated carbocycles. The van der Waals surface area contributed by atoms with Gasteiger partial charge in [-0.3, -0.25) is 0 Å². The molecule has 0 spiro atoms. The van der Waals surface area contributed by atoms with E-state index in [0.717, 1.165) is 29.1 Å². The van der Waals surface area contributed by atoms with Crippen molar-refractivity contribution in [2.45, 2.75) is 25.6 Å². The molecule has 0 bridgehead atoms. The van der Waals surface area contributed by atoms with Crippen LogP contribution in [-0.2, 0) is 25.6 Å². The summed E-state index contributed by atoms with van der Waals surface area (Å²) in [5.74, 6) is 2.01. The Bertz CT molecular complexity index is 1220. The fourth-order valence-corrected chi connectivity index (χ4v) is 3.80. The van der Waals surface area contributed by atoms with Gasteiger partial charge in [0.1, 0.15) is 5.82 Å². The number of aromatic nitrogens is 2. The normalized spacial score (nSPS) is 11.7. The predicted octanol–water partition coefficient (Wildman–Crippen LogP) is 5.91. The van der Waals surface area contributed by atoms with E-state index in [9.17, 15) is 13.2 Å². The summed E-state index contributed by atoms with van der Waals surface area (Å²) in [6, 6.07) is 19.2. The average molecular weight is 440 g/mol. The van der Waals surface area contributed by atoms with E-state index >= 15 is 0 Å². The molecule has 1 heterocycles. The zero-order chi connectivity index (χ0) is 22.7. The molecule has 0 amide bonds. The zero-order valence-electron chi connectivity index (χ0n) is 17.8. The highest BCUT2D eigenvalue weighted by molar-refractivity contribution is 5.77. The number of imidazole rings is 1. The van der Waals surface area contributed by atoms with E-state index in [1.807, 2.05) is 53.1 Å². The van der Waals surface area contributed by atoms with E-state index in [-0.39, 0.29) is 0 Å². The van der Waals surface area contributed by atoms with Crippen LogP contribution in [0, 0.1) is 0 Å². The van der Waals surface area contributed by atoms with Crippen LogP contribution in [-0.4, -0.2) is 23.8 Å². The SMILES string of the molecule is COc1ccc(CCn2c(Cc3ccccc3)nc3cc(C(F)(F)F)ccc32)cc1OC. The van der Waals surface area contributed by atoms with Gasteiger partial charge in [-0.05, 0) is 47.9 Å². The van der Waals surface area contributed by atoms with Crippen LogP contribution in [0.3, 0.4) is 0 Å². The first-order chi connectivity index (χ1) is 15.4. The minimum Gasteiger partial charge on any atom is -0.493 e. The van der Waals surface area contributed by atoms with Crippen molar-refractivity contribution in [1.29, 1.82) is 0 Å². The number of hydrogen-bond donors (Lipinski definition) is 0. The molecule has 4 aromatic rings. The number of hydrogen-bond acceptors (Lipinski definition) is 3. The lowest BCUT2D eigenvalue weighted by atomic mass is 10.1. The number of halogens is 3. The van der Waals surface area contributed by atoms with E-state index in [1.165, 1.54) is 6.07 Å².